The molecule has 0 spiro atoms. The molecule has 0 aliphatic carbocycles. The fourth-order valence-corrected chi connectivity index (χ4v) is 5.95. The van der Waals surface area contributed by atoms with Crippen molar-refractivity contribution in [3.63, 3.8) is 0 Å². The molecule has 4 heterocycles. The van der Waals surface area contributed by atoms with Crippen molar-refractivity contribution >= 4 is 42.4 Å². The van der Waals surface area contributed by atoms with Crippen LogP contribution in [-0.4, -0.2) is 80.9 Å². The van der Waals surface area contributed by atoms with Crippen LogP contribution >= 0.6 is 24.8 Å². The van der Waals surface area contributed by atoms with Gasteiger partial charge in [-0.3, -0.25) is 4.90 Å². The summed E-state index contributed by atoms with van der Waals surface area (Å²) in [6.45, 7) is 14.1. The Labute approximate surface area is 235 Å². The Balaban J connectivity index is 0.00000190. The molecule has 0 radical (unpaired) electrons. The van der Waals surface area contributed by atoms with Crippen molar-refractivity contribution < 1.29 is 4.74 Å². The molecule has 1 aromatic heterocycles. The van der Waals surface area contributed by atoms with Crippen LogP contribution in [0.4, 0.5) is 17.6 Å². The third-order valence-electron chi connectivity index (χ3n) is 7.87. The number of rotatable bonds is 8. The SMILES string of the molecule is COc1c(C)cc(CCCN2CCN(c3cc(N4CCCC4)nc(N4CCCC4)n3)CC2)cc1C.Cl.Cl. The summed E-state index contributed by atoms with van der Waals surface area (Å²) >= 11 is 0. The molecular weight excluding hydrogens is 507 g/mol. The molecule has 3 aliphatic rings. The summed E-state index contributed by atoms with van der Waals surface area (Å²) in [7, 11) is 1.76. The van der Waals surface area contributed by atoms with Gasteiger partial charge in [-0.15, -0.1) is 24.8 Å². The van der Waals surface area contributed by atoms with E-state index in [0.29, 0.717) is 0 Å². The summed E-state index contributed by atoms with van der Waals surface area (Å²) in [5.41, 5.74) is 3.90. The zero-order valence-electron chi connectivity index (χ0n) is 22.7. The highest BCUT2D eigenvalue weighted by molar-refractivity contribution is 5.85. The number of piperazine rings is 1. The predicted octanol–water partition coefficient (Wildman–Crippen LogP) is 4.90. The lowest BCUT2D eigenvalue weighted by atomic mass is 10.0. The van der Waals surface area contributed by atoms with Crippen LogP contribution in [0.15, 0.2) is 18.2 Å². The Morgan fingerprint density at radius 3 is 1.76 bits per heavy atom. The maximum Gasteiger partial charge on any atom is 0.229 e. The van der Waals surface area contributed by atoms with Gasteiger partial charge in [-0.1, -0.05) is 12.1 Å². The third kappa shape index (κ3) is 7.12. The molecule has 3 saturated heterocycles. The van der Waals surface area contributed by atoms with Crippen molar-refractivity contribution in [3.05, 3.63) is 34.9 Å². The van der Waals surface area contributed by atoms with Crippen LogP contribution in [0, 0.1) is 13.8 Å². The lowest BCUT2D eigenvalue weighted by Gasteiger charge is -2.36. The van der Waals surface area contributed by atoms with E-state index in [9.17, 15) is 0 Å². The van der Waals surface area contributed by atoms with Crippen LogP contribution in [0.1, 0.15) is 48.8 Å². The summed E-state index contributed by atoms with van der Waals surface area (Å²) < 4.78 is 5.52. The largest absolute Gasteiger partial charge is 0.496 e. The minimum absolute atomic E-state index is 0. The van der Waals surface area contributed by atoms with Crippen LogP contribution in [0.25, 0.3) is 0 Å². The second-order valence-electron chi connectivity index (χ2n) is 10.5. The summed E-state index contributed by atoms with van der Waals surface area (Å²) in [5, 5.41) is 0. The van der Waals surface area contributed by atoms with Crippen molar-refractivity contribution in [2.75, 3.05) is 80.7 Å². The molecule has 7 nitrogen and oxygen atoms in total. The van der Waals surface area contributed by atoms with E-state index in [1.807, 2.05) is 0 Å². The van der Waals surface area contributed by atoms with Crippen molar-refractivity contribution in [2.45, 2.75) is 52.4 Å². The smallest absolute Gasteiger partial charge is 0.229 e. The fourth-order valence-electron chi connectivity index (χ4n) is 5.95. The highest BCUT2D eigenvalue weighted by Crippen LogP contribution is 2.28. The third-order valence-corrected chi connectivity index (χ3v) is 7.87. The van der Waals surface area contributed by atoms with Gasteiger partial charge in [0.1, 0.15) is 17.4 Å². The molecule has 3 fully saturated rings. The molecule has 1 aromatic carbocycles. The van der Waals surface area contributed by atoms with Crippen LogP contribution in [-0.2, 0) is 6.42 Å². The molecule has 2 aromatic rings. The Morgan fingerprint density at radius 2 is 1.22 bits per heavy atom. The highest BCUT2D eigenvalue weighted by Gasteiger charge is 2.24. The summed E-state index contributed by atoms with van der Waals surface area (Å²) in [6, 6.07) is 6.82. The van der Waals surface area contributed by atoms with E-state index in [2.05, 4.69) is 51.6 Å². The summed E-state index contributed by atoms with van der Waals surface area (Å²) in [4.78, 5) is 20.0. The number of hydrogen-bond donors (Lipinski definition) is 0. The lowest BCUT2D eigenvalue weighted by molar-refractivity contribution is 0.254. The van der Waals surface area contributed by atoms with Gasteiger partial charge in [0.2, 0.25) is 5.95 Å². The molecule has 9 heteroatoms. The van der Waals surface area contributed by atoms with Crippen molar-refractivity contribution in [3.8, 4) is 5.75 Å². The molecule has 206 valence electrons. The normalized spacial score (nSPS) is 18.1. The van der Waals surface area contributed by atoms with Crippen molar-refractivity contribution in [2.24, 2.45) is 0 Å². The fraction of sp³-hybridized carbons (Fsp3) is 0.643. The van der Waals surface area contributed by atoms with E-state index in [1.165, 1.54) is 48.8 Å². The van der Waals surface area contributed by atoms with Crippen LogP contribution < -0.4 is 19.4 Å². The van der Waals surface area contributed by atoms with Gasteiger partial charge in [0, 0.05) is 58.4 Å². The standard InChI is InChI=1S/C28H42N6O.2ClH/c1-22-19-24(20-23(2)27(22)35-3)9-8-10-31-15-17-33(18-16-31)26-21-25(32-11-4-5-12-32)29-28(30-26)34-13-6-7-14-34;;/h19-21H,4-18H2,1-3H3;2*1H. The van der Waals surface area contributed by atoms with Gasteiger partial charge in [-0.25, -0.2) is 0 Å². The van der Waals surface area contributed by atoms with E-state index >= 15 is 0 Å². The van der Waals surface area contributed by atoms with E-state index in [-0.39, 0.29) is 24.8 Å². The Morgan fingerprint density at radius 1 is 0.703 bits per heavy atom. The number of aryl methyl sites for hydroxylation is 3. The van der Waals surface area contributed by atoms with Crippen LogP contribution in [0.3, 0.4) is 0 Å². The maximum absolute atomic E-state index is 5.52. The Kier molecular flexibility index (Phi) is 11.0. The number of hydrogen-bond acceptors (Lipinski definition) is 7. The van der Waals surface area contributed by atoms with Gasteiger partial charge >= 0.3 is 0 Å². The van der Waals surface area contributed by atoms with E-state index < -0.39 is 0 Å². The number of methoxy groups -OCH3 is 1. The number of anilines is 3. The highest BCUT2D eigenvalue weighted by atomic mass is 35.5. The first-order valence-corrected chi connectivity index (χ1v) is 13.6. The monoisotopic (exact) mass is 550 g/mol. The number of ether oxygens (including phenoxy) is 1. The maximum atomic E-state index is 5.52. The average Bonchev–Trinajstić information content (AvgIpc) is 3.59. The second kappa shape index (κ2) is 13.7. The van der Waals surface area contributed by atoms with Gasteiger partial charge in [0.15, 0.2) is 0 Å². The quantitative estimate of drug-likeness (QED) is 0.463. The first-order chi connectivity index (χ1) is 17.1. The molecule has 0 bridgehead atoms. The molecule has 0 amide bonds. The van der Waals surface area contributed by atoms with E-state index in [1.54, 1.807) is 7.11 Å². The molecule has 3 aliphatic heterocycles. The molecule has 5 rings (SSSR count). The topological polar surface area (TPSA) is 48.0 Å². The minimum atomic E-state index is 0. The number of nitrogens with zero attached hydrogens (tertiary/aromatic N) is 6. The summed E-state index contributed by atoms with van der Waals surface area (Å²) in [5.74, 6) is 4.21. The Bertz CT molecular complexity index is 945. The first-order valence-electron chi connectivity index (χ1n) is 13.6. The lowest BCUT2D eigenvalue weighted by Crippen LogP contribution is -2.47. The van der Waals surface area contributed by atoms with E-state index in [0.717, 1.165) is 88.7 Å². The molecule has 0 saturated carbocycles. The van der Waals surface area contributed by atoms with Gasteiger partial charge in [0.25, 0.3) is 0 Å². The van der Waals surface area contributed by atoms with Gasteiger partial charge in [0.05, 0.1) is 7.11 Å². The van der Waals surface area contributed by atoms with Gasteiger partial charge in [-0.05, 0) is 75.6 Å². The second-order valence-corrected chi connectivity index (χ2v) is 10.5. The summed E-state index contributed by atoms with van der Waals surface area (Å²) in [6.07, 6.45) is 7.36. The van der Waals surface area contributed by atoms with E-state index in [4.69, 9.17) is 14.7 Å². The molecule has 0 atom stereocenters. The van der Waals surface area contributed by atoms with Crippen molar-refractivity contribution in [1.82, 2.24) is 14.9 Å². The number of halogens is 2. The predicted molar refractivity (Wildman–Crippen MR) is 159 cm³/mol. The average molecular weight is 552 g/mol. The molecule has 0 N–H and O–H groups in total. The zero-order chi connectivity index (χ0) is 24.2. The first kappa shape index (κ1) is 29.6. The number of aromatic nitrogens is 2. The molecule has 37 heavy (non-hydrogen) atoms. The van der Waals surface area contributed by atoms with Crippen molar-refractivity contribution in [1.29, 1.82) is 0 Å². The Hall–Kier alpha value is -1.96. The zero-order valence-corrected chi connectivity index (χ0v) is 24.4. The van der Waals surface area contributed by atoms with Gasteiger partial charge in [-0.2, -0.15) is 9.97 Å². The van der Waals surface area contributed by atoms with Crippen LogP contribution in [0.5, 0.6) is 5.75 Å². The number of benzene rings is 1. The van der Waals surface area contributed by atoms with Crippen LogP contribution in [0.2, 0.25) is 0 Å². The molecular formula is C28H44Cl2N6O. The van der Waals surface area contributed by atoms with Gasteiger partial charge < -0.3 is 19.4 Å². The minimum Gasteiger partial charge on any atom is -0.496 e. The molecule has 0 unspecified atom stereocenters.